The molecular formula is C24H34N4. The van der Waals surface area contributed by atoms with Crippen molar-refractivity contribution in [3.63, 3.8) is 0 Å². The van der Waals surface area contributed by atoms with Gasteiger partial charge in [-0.25, -0.2) is 0 Å². The van der Waals surface area contributed by atoms with E-state index in [-0.39, 0.29) is 16.2 Å². The van der Waals surface area contributed by atoms with Gasteiger partial charge in [-0.1, -0.05) is 40.7 Å². The minimum absolute atomic E-state index is 0.0400. The van der Waals surface area contributed by atoms with Gasteiger partial charge in [0.1, 0.15) is 12.3 Å². The van der Waals surface area contributed by atoms with Crippen molar-refractivity contribution in [3.8, 4) is 0 Å². The van der Waals surface area contributed by atoms with E-state index >= 15 is 0 Å². The molecule has 4 unspecified atom stereocenters. The highest BCUT2D eigenvalue weighted by Gasteiger charge is 2.69. The summed E-state index contributed by atoms with van der Waals surface area (Å²) >= 11 is 0. The van der Waals surface area contributed by atoms with Crippen molar-refractivity contribution in [2.45, 2.75) is 65.2 Å². The topological polar surface area (TPSA) is 13.0 Å². The fraction of sp³-hybridized carbons (Fsp3) is 0.583. The van der Waals surface area contributed by atoms with E-state index in [2.05, 4.69) is 111 Å². The molecule has 28 heavy (non-hydrogen) atoms. The Bertz CT molecular complexity index is 824. The lowest BCUT2D eigenvalue weighted by molar-refractivity contribution is -0.0771. The van der Waals surface area contributed by atoms with E-state index in [9.17, 15) is 0 Å². The Morgan fingerprint density at radius 2 is 1.18 bits per heavy atom. The number of benzene rings is 1. The van der Waals surface area contributed by atoms with E-state index in [1.54, 1.807) is 0 Å². The van der Waals surface area contributed by atoms with Gasteiger partial charge in [-0.3, -0.25) is 0 Å². The number of fused-ring (bicyclic) bond motifs is 4. The van der Waals surface area contributed by atoms with Crippen LogP contribution in [0, 0.1) is 10.8 Å². The first-order valence-electron chi connectivity index (χ1n) is 10.8. The van der Waals surface area contributed by atoms with Crippen molar-refractivity contribution in [2.24, 2.45) is 10.8 Å². The quantitative estimate of drug-likeness (QED) is 0.725. The summed E-state index contributed by atoms with van der Waals surface area (Å²) in [5, 5.41) is 0. The van der Waals surface area contributed by atoms with Gasteiger partial charge in [-0.2, -0.15) is 0 Å². The Balaban J connectivity index is 1.91. The average molecular weight is 379 g/mol. The molecule has 0 amide bonds. The van der Waals surface area contributed by atoms with Crippen LogP contribution in [0.2, 0.25) is 0 Å². The van der Waals surface area contributed by atoms with Crippen LogP contribution in [0.15, 0.2) is 43.0 Å². The summed E-state index contributed by atoms with van der Waals surface area (Å²) in [7, 11) is 4.49. The highest BCUT2D eigenvalue weighted by atomic mass is 15.4. The molecule has 0 aromatic heterocycles. The molecule has 0 fully saturated rings. The molecule has 4 heterocycles. The van der Waals surface area contributed by atoms with Crippen LogP contribution in [0.4, 0.5) is 11.4 Å². The van der Waals surface area contributed by atoms with Crippen LogP contribution in [0.25, 0.3) is 0 Å². The predicted octanol–water partition coefficient (Wildman–Crippen LogP) is 4.90. The summed E-state index contributed by atoms with van der Waals surface area (Å²) in [6, 6.07) is 6.91. The second kappa shape index (κ2) is 5.28. The molecule has 0 radical (unpaired) electrons. The van der Waals surface area contributed by atoms with Crippen molar-refractivity contribution in [1.29, 1.82) is 0 Å². The largest absolute Gasteiger partial charge is 0.358 e. The molecule has 0 saturated carbocycles. The summed E-state index contributed by atoms with van der Waals surface area (Å²) in [5.41, 5.74) is 4.56. The molecule has 0 bridgehead atoms. The lowest BCUT2D eigenvalue weighted by Crippen LogP contribution is -2.72. The van der Waals surface area contributed by atoms with Gasteiger partial charge in [0.15, 0.2) is 0 Å². The Hall–Kier alpha value is -2.10. The van der Waals surface area contributed by atoms with E-state index in [0.717, 1.165) is 12.8 Å². The van der Waals surface area contributed by atoms with Gasteiger partial charge in [0.25, 0.3) is 0 Å². The van der Waals surface area contributed by atoms with E-state index in [1.165, 1.54) is 16.9 Å². The van der Waals surface area contributed by atoms with Gasteiger partial charge in [0, 0.05) is 72.1 Å². The summed E-state index contributed by atoms with van der Waals surface area (Å²) in [6.07, 6.45) is 12.1. The van der Waals surface area contributed by atoms with Gasteiger partial charge in [-0.15, -0.1) is 0 Å². The number of rotatable bonds is 2. The molecule has 5 rings (SSSR count). The van der Waals surface area contributed by atoms with Crippen LogP contribution in [-0.2, 0) is 5.41 Å². The van der Waals surface area contributed by atoms with E-state index in [0.29, 0.717) is 12.3 Å². The Morgan fingerprint density at radius 3 is 1.57 bits per heavy atom. The summed E-state index contributed by atoms with van der Waals surface area (Å²) in [5.74, 6) is 0. The maximum atomic E-state index is 2.58. The molecule has 4 nitrogen and oxygen atoms in total. The third-order valence-electron chi connectivity index (χ3n) is 9.19. The van der Waals surface area contributed by atoms with Gasteiger partial charge in [0.2, 0.25) is 0 Å². The van der Waals surface area contributed by atoms with E-state index in [1.807, 2.05) is 0 Å². The maximum Gasteiger partial charge on any atom is 0.111 e. The molecule has 4 aliphatic rings. The monoisotopic (exact) mass is 378 g/mol. The fourth-order valence-corrected chi connectivity index (χ4v) is 7.29. The summed E-state index contributed by atoms with van der Waals surface area (Å²) in [4.78, 5) is 9.93. The molecule has 150 valence electrons. The minimum atomic E-state index is 0.0400. The second-order valence-electron chi connectivity index (χ2n) is 9.83. The first-order valence-corrected chi connectivity index (χ1v) is 10.8. The third kappa shape index (κ3) is 1.62. The van der Waals surface area contributed by atoms with Crippen LogP contribution >= 0.6 is 0 Å². The number of hydrogen-bond acceptors (Lipinski definition) is 4. The number of hydrogen-bond donors (Lipinski definition) is 0. The van der Waals surface area contributed by atoms with Crippen molar-refractivity contribution in [2.75, 3.05) is 23.9 Å². The zero-order chi connectivity index (χ0) is 20.1. The first kappa shape index (κ1) is 18.0. The maximum absolute atomic E-state index is 2.58. The zero-order valence-electron chi connectivity index (χ0n) is 18.4. The SMILES string of the molecule is CCC1(C)C2N(C)C=CN2c2cccc3c2C1(C)C(C)(CC)C1N(C)C=CN31. The summed E-state index contributed by atoms with van der Waals surface area (Å²) < 4.78 is 0. The predicted molar refractivity (Wildman–Crippen MR) is 117 cm³/mol. The van der Waals surface area contributed by atoms with E-state index in [4.69, 9.17) is 0 Å². The Labute approximate surface area is 170 Å². The lowest BCUT2D eigenvalue weighted by Gasteiger charge is -2.69. The first-order chi connectivity index (χ1) is 13.3. The molecule has 1 aromatic rings. The van der Waals surface area contributed by atoms with Crippen LogP contribution in [0.1, 0.15) is 53.0 Å². The average Bonchev–Trinajstić information content (AvgIpc) is 3.28. The minimum Gasteiger partial charge on any atom is -0.358 e. The molecule has 0 N–H and O–H groups in total. The molecule has 4 heteroatoms. The third-order valence-corrected chi connectivity index (χ3v) is 9.19. The van der Waals surface area contributed by atoms with Crippen LogP contribution in [0.5, 0.6) is 0 Å². The van der Waals surface area contributed by atoms with E-state index < -0.39 is 0 Å². The van der Waals surface area contributed by atoms with Crippen molar-refractivity contribution in [1.82, 2.24) is 9.80 Å². The number of anilines is 2. The van der Waals surface area contributed by atoms with Crippen LogP contribution < -0.4 is 9.80 Å². The van der Waals surface area contributed by atoms with Gasteiger partial charge in [-0.05, 0) is 25.0 Å². The standard InChI is InChI=1S/C24H34N4/c1-8-22(3)20-25(6)13-15-27(20)17-11-10-12-18-19(17)24(22,5)23(4,9-2)21-26(7)14-16-28(18)21/h10-16,20-21H,8-9H2,1-7H3. The number of nitrogens with zero attached hydrogens (tertiary/aromatic N) is 4. The van der Waals surface area contributed by atoms with Crippen molar-refractivity contribution in [3.05, 3.63) is 48.6 Å². The van der Waals surface area contributed by atoms with Crippen molar-refractivity contribution < 1.29 is 0 Å². The molecule has 4 aliphatic heterocycles. The van der Waals surface area contributed by atoms with Gasteiger partial charge in [0.05, 0.1) is 0 Å². The Morgan fingerprint density at radius 1 is 0.750 bits per heavy atom. The normalized spacial score (nSPS) is 40.1. The van der Waals surface area contributed by atoms with Gasteiger partial charge < -0.3 is 19.6 Å². The second-order valence-corrected chi connectivity index (χ2v) is 9.83. The molecule has 0 aliphatic carbocycles. The van der Waals surface area contributed by atoms with Crippen LogP contribution in [-0.4, -0.2) is 36.2 Å². The highest BCUT2D eigenvalue weighted by molar-refractivity contribution is 5.78. The molecule has 0 saturated heterocycles. The molecule has 0 spiro atoms. The van der Waals surface area contributed by atoms with Crippen molar-refractivity contribution >= 4 is 11.4 Å². The fourth-order valence-electron chi connectivity index (χ4n) is 7.29. The highest BCUT2D eigenvalue weighted by Crippen LogP contribution is 2.70. The zero-order valence-corrected chi connectivity index (χ0v) is 18.4. The Kier molecular flexibility index (Phi) is 3.39. The lowest BCUT2D eigenvalue weighted by atomic mass is 9.43. The molecule has 4 atom stereocenters. The smallest absolute Gasteiger partial charge is 0.111 e. The van der Waals surface area contributed by atoms with Gasteiger partial charge >= 0.3 is 0 Å². The van der Waals surface area contributed by atoms with Crippen LogP contribution in [0.3, 0.4) is 0 Å². The summed E-state index contributed by atoms with van der Waals surface area (Å²) in [6.45, 7) is 12.4. The molecular weight excluding hydrogens is 344 g/mol. The molecule has 1 aromatic carbocycles.